The van der Waals surface area contributed by atoms with E-state index in [1.54, 1.807) is 0 Å². The van der Waals surface area contributed by atoms with Gasteiger partial charge in [-0.25, -0.2) is 0 Å². The van der Waals surface area contributed by atoms with Crippen molar-refractivity contribution in [2.75, 3.05) is 0 Å². The molecule has 4 fully saturated rings. The SMILES string of the molecule is CC[C@@H](O)CC[C@@H](C)[C@H]1CC[C@H]2[C@@H]3[C@H](O)C[C@H]4C[C@H](O)CC[C@]4(C)[C@H]3C[C@H](O)[C@]12C. The molecule has 4 aliphatic carbocycles. The summed E-state index contributed by atoms with van der Waals surface area (Å²) in [5, 5.41) is 43.2. The Kier molecular flexibility index (Phi) is 6.38. The monoisotopic (exact) mass is 422 g/mol. The van der Waals surface area contributed by atoms with E-state index in [4.69, 9.17) is 0 Å². The van der Waals surface area contributed by atoms with Gasteiger partial charge in [0, 0.05) is 0 Å². The molecule has 0 aromatic carbocycles. The maximum atomic E-state index is 11.6. The van der Waals surface area contributed by atoms with E-state index in [9.17, 15) is 20.4 Å². The Morgan fingerprint density at radius 2 is 1.67 bits per heavy atom. The summed E-state index contributed by atoms with van der Waals surface area (Å²) in [5.41, 5.74) is 0.0104. The predicted octanol–water partition coefficient (Wildman–Crippen LogP) is 4.14. The smallest absolute Gasteiger partial charge is 0.0602 e. The van der Waals surface area contributed by atoms with Crippen molar-refractivity contribution in [1.82, 2.24) is 0 Å². The van der Waals surface area contributed by atoms with Crippen molar-refractivity contribution < 1.29 is 20.4 Å². The van der Waals surface area contributed by atoms with Crippen LogP contribution in [0.4, 0.5) is 0 Å². The average Bonchev–Trinajstić information content (AvgIpc) is 3.06. The van der Waals surface area contributed by atoms with E-state index in [0.29, 0.717) is 29.6 Å². The van der Waals surface area contributed by atoms with Gasteiger partial charge in [0.05, 0.1) is 24.4 Å². The summed E-state index contributed by atoms with van der Waals surface area (Å²) >= 11 is 0. The maximum Gasteiger partial charge on any atom is 0.0602 e. The van der Waals surface area contributed by atoms with Gasteiger partial charge in [0.2, 0.25) is 0 Å². The molecule has 0 bridgehead atoms. The van der Waals surface area contributed by atoms with Crippen LogP contribution in [0.5, 0.6) is 0 Å². The summed E-state index contributed by atoms with van der Waals surface area (Å²) in [6.45, 7) is 9.06. The van der Waals surface area contributed by atoms with Crippen LogP contribution in [-0.4, -0.2) is 44.8 Å². The van der Waals surface area contributed by atoms with Crippen LogP contribution in [0.1, 0.15) is 91.9 Å². The van der Waals surface area contributed by atoms with Crippen molar-refractivity contribution in [1.29, 1.82) is 0 Å². The highest BCUT2D eigenvalue weighted by atomic mass is 16.3. The Hall–Kier alpha value is -0.160. The van der Waals surface area contributed by atoms with Gasteiger partial charge < -0.3 is 20.4 Å². The molecule has 4 heteroatoms. The average molecular weight is 423 g/mol. The van der Waals surface area contributed by atoms with Crippen molar-refractivity contribution >= 4 is 0 Å². The van der Waals surface area contributed by atoms with Gasteiger partial charge >= 0.3 is 0 Å². The molecule has 4 N–H and O–H groups in total. The molecule has 0 radical (unpaired) electrons. The van der Waals surface area contributed by atoms with Crippen LogP contribution in [0.25, 0.3) is 0 Å². The number of hydrogen-bond donors (Lipinski definition) is 4. The van der Waals surface area contributed by atoms with Crippen LogP contribution in [0, 0.1) is 46.3 Å². The topological polar surface area (TPSA) is 80.9 Å². The van der Waals surface area contributed by atoms with Crippen LogP contribution in [0.15, 0.2) is 0 Å². The molecule has 0 unspecified atom stereocenters. The summed E-state index contributed by atoms with van der Waals surface area (Å²) in [7, 11) is 0. The predicted molar refractivity (Wildman–Crippen MR) is 119 cm³/mol. The zero-order valence-electron chi connectivity index (χ0n) is 19.6. The largest absolute Gasteiger partial charge is 0.393 e. The molecule has 0 aromatic heterocycles. The lowest BCUT2D eigenvalue weighted by atomic mass is 9.43. The molecular weight excluding hydrogens is 376 g/mol. The zero-order valence-corrected chi connectivity index (χ0v) is 19.6. The quantitative estimate of drug-likeness (QED) is 0.537. The molecular formula is C26H46O4. The second kappa shape index (κ2) is 8.32. The van der Waals surface area contributed by atoms with Gasteiger partial charge in [0.15, 0.2) is 0 Å². The van der Waals surface area contributed by atoms with E-state index in [0.717, 1.165) is 64.2 Å². The molecule has 0 aromatic rings. The number of rotatable bonds is 5. The Labute approximate surface area is 183 Å². The lowest BCUT2D eigenvalue weighted by Gasteiger charge is -2.63. The number of aliphatic hydroxyl groups is 4. The van der Waals surface area contributed by atoms with Gasteiger partial charge in [-0.2, -0.15) is 0 Å². The van der Waals surface area contributed by atoms with Gasteiger partial charge in [-0.05, 0) is 111 Å². The van der Waals surface area contributed by atoms with E-state index >= 15 is 0 Å². The summed E-state index contributed by atoms with van der Waals surface area (Å²) in [4.78, 5) is 0. The fourth-order valence-electron chi connectivity index (χ4n) is 8.99. The van der Waals surface area contributed by atoms with Crippen molar-refractivity contribution in [2.24, 2.45) is 46.3 Å². The van der Waals surface area contributed by atoms with E-state index in [2.05, 4.69) is 20.8 Å². The Balaban J connectivity index is 1.57. The fourth-order valence-corrected chi connectivity index (χ4v) is 8.99. The number of aliphatic hydroxyl groups excluding tert-OH is 4. The van der Waals surface area contributed by atoms with Crippen molar-refractivity contribution in [3.8, 4) is 0 Å². The van der Waals surface area contributed by atoms with E-state index in [1.807, 2.05) is 6.92 Å². The highest BCUT2D eigenvalue weighted by molar-refractivity contribution is 5.14. The van der Waals surface area contributed by atoms with E-state index in [-0.39, 0.29) is 41.2 Å². The molecule has 0 heterocycles. The standard InChI is InChI=1S/C26H46O4/c1-5-17(27)7-6-15(2)19-8-9-20-24-21(14-23(30)26(19,20)4)25(3)11-10-18(28)12-16(25)13-22(24)29/h15-24,27-30H,5-14H2,1-4H3/t15-,16-,17-,18-,19-,20+,21+,22-,23+,24+,25+,26-/m1/s1. The Bertz CT molecular complexity index is 610. The van der Waals surface area contributed by atoms with Gasteiger partial charge in [-0.15, -0.1) is 0 Å². The first-order valence-corrected chi connectivity index (χ1v) is 12.8. The van der Waals surface area contributed by atoms with Gasteiger partial charge in [-0.1, -0.05) is 27.7 Å². The zero-order chi connectivity index (χ0) is 21.8. The lowest BCUT2D eigenvalue weighted by Crippen LogP contribution is -2.62. The Morgan fingerprint density at radius 1 is 0.933 bits per heavy atom. The minimum Gasteiger partial charge on any atom is -0.393 e. The fraction of sp³-hybridized carbons (Fsp3) is 1.00. The summed E-state index contributed by atoms with van der Waals surface area (Å²) in [6, 6.07) is 0. The second-order valence-electron chi connectivity index (χ2n) is 12.1. The van der Waals surface area contributed by atoms with Crippen molar-refractivity contribution in [2.45, 2.75) is 116 Å². The van der Waals surface area contributed by atoms with Crippen LogP contribution in [0.3, 0.4) is 0 Å². The minimum atomic E-state index is -0.315. The molecule has 12 atom stereocenters. The minimum absolute atomic E-state index is 0.129. The highest BCUT2D eigenvalue weighted by Gasteiger charge is 2.65. The molecule has 30 heavy (non-hydrogen) atoms. The van der Waals surface area contributed by atoms with Gasteiger partial charge in [0.25, 0.3) is 0 Å². The van der Waals surface area contributed by atoms with Crippen molar-refractivity contribution in [3.05, 3.63) is 0 Å². The number of fused-ring (bicyclic) bond motifs is 5. The summed E-state index contributed by atoms with van der Waals surface area (Å²) < 4.78 is 0. The van der Waals surface area contributed by atoms with E-state index in [1.165, 1.54) is 0 Å². The third-order valence-electron chi connectivity index (χ3n) is 10.9. The van der Waals surface area contributed by atoms with Crippen LogP contribution >= 0.6 is 0 Å². The van der Waals surface area contributed by atoms with Crippen LogP contribution in [-0.2, 0) is 0 Å². The van der Waals surface area contributed by atoms with Gasteiger partial charge in [-0.3, -0.25) is 0 Å². The van der Waals surface area contributed by atoms with Crippen LogP contribution < -0.4 is 0 Å². The Morgan fingerprint density at radius 3 is 2.37 bits per heavy atom. The molecule has 0 spiro atoms. The third kappa shape index (κ3) is 3.49. The maximum absolute atomic E-state index is 11.6. The first kappa shape index (κ1) is 23.0. The number of hydrogen-bond acceptors (Lipinski definition) is 4. The summed E-state index contributed by atoms with van der Waals surface area (Å²) in [5.74, 6) is 2.36. The molecule has 4 rings (SSSR count). The lowest BCUT2D eigenvalue weighted by molar-refractivity contribution is -0.207. The first-order chi connectivity index (χ1) is 14.1. The molecule has 4 saturated carbocycles. The van der Waals surface area contributed by atoms with Crippen LogP contribution in [0.2, 0.25) is 0 Å². The normalized spacial score (nSPS) is 52.8. The first-order valence-electron chi connectivity index (χ1n) is 12.8. The second-order valence-corrected chi connectivity index (χ2v) is 12.1. The molecule has 0 aliphatic heterocycles. The molecule has 174 valence electrons. The highest BCUT2D eigenvalue weighted by Crippen LogP contribution is 2.68. The molecule has 0 amide bonds. The molecule has 0 saturated heterocycles. The molecule has 4 aliphatic rings. The third-order valence-corrected chi connectivity index (χ3v) is 10.9. The van der Waals surface area contributed by atoms with E-state index < -0.39 is 0 Å². The van der Waals surface area contributed by atoms with Crippen molar-refractivity contribution in [3.63, 3.8) is 0 Å². The molecule has 4 nitrogen and oxygen atoms in total. The summed E-state index contributed by atoms with van der Waals surface area (Å²) in [6.07, 6.45) is 8.20. The van der Waals surface area contributed by atoms with Gasteiger partial charge in [0.1, 0.15) is 0 Å².